The highest BCUT2D eigenvalue weighted by Crippen LogP contribution is 2.09. The highest BCUT2D eigenvalue weighted by atomic mass is 19.1. The molecule has 0 aliphatic carbocycles. The van der Waals surface area contributed by atoms with E-state index in [1.54, 1.807) is 6.07 Å². The molecule has 0 atom stereocenters. The number of rotatable bonds is 6. The quantitative estimate of drug-likeness (QED) is 0.835. The van der Waals surface area contributed by atoms with Gasteiger partial charge in [0.1, 0.15) is 19.0 Å². The normalized spacial score (nSPS) is 10.3. The standard InChI is InChI=1S/C17H16FNO3/c1-12-3-2-4-15(9-12)19-17(21)11-22-10-16(20)13-5-7-14(18)8-6-13/h2-9H,10-11H2,1H3,(H,19,21). The van der Waals surface area contributed by atoms with Crippen LogP contribution < -0.4 is 5.32 Å². The van der Waals surface area contributed by atoms with E-state index in [0.717, 1.165) is 5.56 Å². The molecule has 0 aliphatic rings. The van der Waals surface area contributed by atoms with E-state index in [1.165, 1.54) is 24.3 Å². The zero-order valence-corrected chi connectivity index (χ0v) is 12.1. The molecular weight excluding hydrogens is 285 g/mol. The van der Waals surface area contributed by atoms with Crippen molar-refractivity contribution >= 4 is 17.4 Å². The number of ether oxygens (including phenoxy) is 1. The van der Waals surface area contributed by atoms with Crippen LogP contribution in [0.5, 0.6) is 0 Å². The van der Waals surface area contributed by atoms with Gasteiger partial charge in [-0.15, -0.1) is 0 Å². The van der Waals surface area contributed by atoms with Crippen LogP contribution >= 0.6 is 0 Å². The van der Waals surface area contributed by atoms with Gasteiger partial charge in [0.25, 0.3) is 0 Å². The van der Waals surface area contributed by atoms with Gasteiger partial charge in [0.2, 0.25) is 5.91 Å². The predicted molar refractivity (Wildman–Crippen MR) is 81.4 cm³/mol. The second-order valence-corrected chi connectivity index (χ2v) is 4.84. The largest absolute Gasteiger partial charge is 0.363 e. The van der Waals surface area contributed by atoms with Gasteiger partial charge in [0.15, 0.2) is 5.78 Å². The summed E-state index contributed by atoms with van der Waals surface area (Å²) < 4.78 is 17.8. The highest BCUT2D eigenvalue weighted by Gasteiger charge is 2.08. The Labute approximate surface area is 127 Å². The third-order valence-corrected chi connectivity index (χ3v) is 2.93. The SMILES string of the molecule is Cc1cccc(NC(=O)COCC(=O)c2ccc(F)cc2)c1. The van der Waals surface area contributed by atoms with Gasteiger partial charge < -0.3 is 10.1 Å². The van der Waals surface area contributed by atoms with Crippen LogP contribution in [-0.4, -0.2) is 24.9 Å². The van der Waals surface area contributed by atoms with Crippen LogP contribution in [0.4, 0.5) is 10.1 Å². The van der Waals surface area contributed by atoms with Crippen molar-refractivity contribution in [1.82, 2.24) is 0 Å². The lowest BCUT2D eigenvalue weighted by Gasteiger charge is -2.07. The Morgan fingerprint density at radius 1 is 1.09 bits per heavy atom. The summed E-state index contributed by atoms with van der Waals surface area (Å²) in [6.07, 6.45) is 0. The third kappa shape index (κ3) is 4.79. The summed E-state index contributed by atoms with van der Waals surface area (Å²) in [5, 5.41) is 2.68. The molecule has 2 aromatic carbocycles. The minimum absolute atomic E-state index is 0.221. The van der Waals surface area contributed by atoms with E-state index in [9.17, 15) is 14.0 Å². The second-order valence-electron chi connectivity index (χ2n) is 4.84. The van der Waals surface area contributed by atoms with Crippen molar-refractivity contribution in [3.63, 3.8) is 0 Å². The summed E-state index contributed by atoms with van der Waals surface area (Å²) in [5.74, 6) is -1.05. The lowest BCUT2D eigenvalue weighted by molar-refractivity contribution is -0.120. The fourth-order valence-electron chi connectivity index (χ4n) is 1.88. The maximum Gasteiger partial charge on any atom is 0.250 e. The second kappa shape index (κ2) is 7.47. The van der Waals surface area contributed by atoms with Gasteiger partial charge in [-0.05, 0) is 48.9 Å². The molecular formula is C17H16FNO3. The van der Waals surface area contributed by atoms with Crippen LogP contribution in [0.15, 0.2) is 48.5 Å². The van der Waals surface area contributed by atoms with Crippen molar-refractivity contribution in [2.75, 3.05) is 18.5 Å². The topological polar surface area (TPSA) is 55.4 Å². The Hall–Kier alpha value is -2.53. The lowest BCUT2D eigenvalue weighted by atomic mass is 10.1. The van der Waals surface area contributed by atoms with Crippen LogP contribution in [0.2, 0.25) is 0 Å². The van der Waals surface area contributed by atoms with Gasteiger partial charge in [-0.1, -0.05) is 12.1 Å². The molecule has 2 rings (SSSR count). The van der Waals surface area contributed by atoms with Crippen LogP contribution in [0, 0.1) is 12.7 Å². The molecule has 1 amide bonds. The molecule has 0 saturated carbocycles. The van der Waals surface area contributed by atoms with Gasteiger partial charge >= 0.3 is 0 Å². The van der Waals surface area contributed by atoms with E-state index in [-0.39, 0.29) is 24.9 Å². The fourth-order valence-corrected chi connectivity index (χ4v) is 1.88. The molecule has 5 heteroatoms. The zero-order chi connectivity index (χ0) is 15.9. The first-order chi connectivity index (χ1) is 10.5. The number of nitrogens with one attached hydrogen (secondary N) is 1. The number of aryl methyl sites for hydroxylation is 1. The molecule has 0 radical (unpaired) electrons. The molecule has 2 aromatic rings. The number of Topliss-reactive ketones (excluding diaryl/α,β-unsaturated/α-hetero) is 1. The van der Waals surface area contributed by atoms with Crippen molar-refractivity contribution in [3.05, 3.63) is 65.5 Å². The number of hydrogen-bond acceptors (Lipinski definition) is 3. The summed E-state index contributed by atoms with van der Waals surface area (Å²) in [7, 11) is 0. The first-order valence-electron chi connectivity index (χ1n) is 6.77. The molecule has 0 aromatic heterocycles. The van der Waals surface area contributed by atoms with Gasteiger partial charge in [0.05, 0.1) is 0 Å². The van der Waals surface area contributed by atoms with Crippen molar-refractivity contribution in [2.24, 2.45) is 0 Å². The van der Waals surface area contributed by atoms with Gasteiger partial charge in [0, 0.05) is 11.3 Å². The number of anilines is 1. The first kappa shape index (κ1) is 15.9. The number of carbonyl (C=O) groups is 2. The maximum absolute atomic E-state index is 12.7. The van der Waals surface area contributed by atoms with Gasteiger partial charge in [-0.3, -0.25) is 9.59 Å². The molecule has 22 heavy (non-hydrogen) atoms. The Morgan fingerprint density at radius 3 is 2.50 bits per heavy atom. The molecule has 0 spiro atoms. The molecule has 0 aliphatic heterocycles. The minimum Gasteiger partial charge on any atom is -0.363 e. The van der Waals surface area contributed by atoms with Gasteiger partial charge in [-0.25, -0.2) is 4.39 Å². The van der Waals surface area contributed by atoms with E-state index < -0.39 is 5.82 Å². The highest BCUT2D eigenvalue weighted by molar-refractivity contribution is 5.97. The molecule has 0 fully saturated rings. The number of amides is 1. The summed E-state index contributed by atoms with van der Waals surface area (Å²) in [6.45, 7) is 1.47. The van der Waals surface area contributed by atoms with E-state index in [0.29, 0.717) is 11.3 Å². The van der Waals surface area contributed by atoms with E-state index >= 15 is 0 Å². The molecule has 0 unspecified atom stereocenters. The molecule has 0 heterocycles. The Morgan fingerprint density at radius 2 is 1.82 bits per heavy atom. The predicted octanol–water partition coefficient (Wildman–Crippen LogP) is 2.97. The molecule has 114 valence electrons. The van der Waals surface area contributed by atoms with E-state index in [1.807, 2.05) is 25.1 Å². The van der Waals surface area contributed by atoms with Crippen molar-refractivity contribution in [2.45, 2.75) is 6.92 Å². The molecule has 1 N–H and O–H groups in total. The molecule has 0 bridgehead atoms. The van der Waals surface area contributed by atoms with Crippen molar-refractivity contribution in [3.8, 4) is 0 Å². The van der Waals surface area contributed by atoms with Crippen molar-refractivity contribution < 1.29 is 18.7 Å². The van der Waals surface area contributed by atoms with Crippen LogP contribution in [-0.2, 0) is 9.53 Å². The van der Waals surface area contributed by atoms with Crippen LogP contribution in [0.25, 0.3) is 0 Å². The summed E-state index contributed by atoms with van der Waals surface area (Å²) >= 11 is 0. The van der Waals surface area contributed by atoms with Crippen LogP contribution in [0.1, 0.15) is 15.9 Å². The summed E-state index contributed by atoms with van der Waals surface area (Å²) in [6, 6.07) is 12.5. The monoisotopic (exact) mass is 301 g/mol. The molecule has 4 nitrogen and oxygen atoms in total. The summed E-state index contributed by atoms with van der Waals surface area (Å²) in [4.78, 5) is 23.5. The summed E-state index contributed by atoms with van der Waals surface area (Å²) in [5.41, 5.74) is 2.06. The zero-order valence-electron chi connectivity index (χ0n) is 12.1. The molecule has 0 saturated heterocycles. The lowest BCUT2D eigenvalue weighted by Crippen LogP contribution is -2.21. The fraction of sp³-hybridized carbons (Fsp3) is 0.176. The average molecular weight is 301 g/mol. The van der Waals surface area contributed by atoms with E-state index in [2.05, 4.69) is 5.32 Å². The number of hydrogen-bond donors (Lipinski definition) is 1. The number of ketones is 1. The maximum atomic E-state index is 12.7. The van der Waals surface area contributed by atoms with Crippen molar-refractivity contribution in [1.29, 1.82) is 0 Å². The Balaban J connectivity index is 1.77. The number of halogens is 1. The first-order valence-corrected chi connectivity index (χ1v) is 6.77. The Bertz CT molecular complexity index is 668. The van der Waals surface area contributed by atoms with E-state index in [4.69, 9.17) is 4.74 Å². The number of carbonyl (C=O) groups excluding carboxylic acids is 2. The van der Waals surface area contributed by atoms with Crippen LogP contribution in [0.3, 0.4) is 0 Å². The number of benzene rings is 2. The smallest absolute Gasteiger partial charge is 0.250 e. The third-order valence-electron chi connectivity index (χ3n) is 2.93. The minimum atomic E-state index is -0.407. The Kier molecular flexibility index (Phi) is 5.38. The van der Waals surface area contributed by atoms with Gasteiger partial charge in [-0.2, -0.15) is 0 Å². The average Bonchev–Trinajstić information content (AvgIpc) is 2.47.